The van der Waals surface area contributed by atoms with E-state index in [0.717, 1.165) is 36.8 Å². The lowest BCUT2D eigenvalue weighted by atomic mass is 9.88. The van der Waals surface area contributed by atoms with Gasteiger partial charge in [0.2, 0.25) is 5.91 Å². The molecule has 1 aliphatic carbocycles. The summed E-state index contributed by atoms with van der Waals surface area (Å²) in [5.41, 5.74) is 3.15. The molecule has 1 aliphatic rings. The molecular weight excluding hydrogens is 360 g/mol. The van der Waals surface area contributed by atoms with Gasteiger partial charge in [-0.05, 0) is 74.2 Å². The van der Waals surface area contributed by atoms with E-state index in [2.05, 4.69) is 10.0 Å². The summed E-state index contributed by atoms with van der Waals surface area (Å²) in [5, 5.41) is 2.90. The van der Waals surface area contributed by atoms with Crippen LogP contribution in [0.2, 0.25) is 0 Å². The molecule has 3 rings (SSSR count). The van der Waals surface area contributed by atoms with Crippen LogP contribution in [0.1, 0.15) is 43.2 Å². The number of hydrogen-bond acceptors (Lipinski definition) is 3. The zero-order chi connectivity index (χ0) is 19.4. The average molecular weight is 387 g/mol. The number of benzene rings is 2. The van der Waals surface area contributed by atoms with Crippen LogP contribution in [-0.2, 0) is 14.8 Å². The normalized spacial score (nSPS) is 15.3. The van der Waals surface area contributed by atoms with Crippen LogP contribution in [0.15, 0.2) is 47.4 Å². The van der Waals surface area contributed by atoms with Gasteiger partial charge in [0.15, 0.2) is 0 Å². The summed E-state index contributed by atoms with van der Waals surface area (Å²) in [7, 11) is -3.68. The molecule has 0 bridgehead atoms. The summed E-state index contributed by atoms with van der Waals surface area (Å²) < 4.78 is 27.8. The van der Waals surface area contributed by atoms with E-state index in [1.54, 1.807) is 24.3 Å². The molecule has 0 spiro atoms. The molecule has 0 unspecified atom stereocenters. The highest BCUT2D eigenvalue weighted by Crippen LogP contribution is 2.25. The van der Waals surface area contributed by atoms with E-state index < -0.39 is 10.0 Å². The Kier molecular flexibility index (Phi) is 5.85. The zero-order valence-electron chi connectivity index (χ0n) is 15.8. The Bertz CT molecular complexity index is 895. The second kappa shape index (κ2) is 8.13. The molecule has 2 aromatic rings. The molecule has 1 fully saturated rings. The first kappa shape index (κ1) is 19.4. The fourth-order valence-electron chi connectivity index (χ4n) is 3.57. The zero-order valence-corrected chi connectivity index (χ0v) is 16.6. The molecule has 2 aromatic carbocycles. The number of hydrogen-bond donors (Lipinski definition) is 2. The Balaban J connectivity index is 1.69. The summed E-state index contributed by atoms with van der Waals surface area (Å²) in [5.74, 6) is 0.0899. The molecular formula is C21H26N2O3S. The number of carbonyl (C=O) groups is 1. The van der Waals surface area contributed by atoms with E-state index in [4.69, 9.17) is 0 Å². The lowest BCUT2D eigenvalue weighted by Gasteiger charge is -2.20. The number of nitrogens with one attached hydrogen (secondary N) is 2. The quantitative estimate of drug-likeness (QED) is 0.787. The molecule has 5 nitrogen and oxygen atoms in total. The van der Waals surface area contributed by atoms with Gasteiger partial charge in [-0.15, -0.1) is 0 Å². The van der Waals surface area contributed by atoms with Crippen LogP contribution in [-0.4, -0.2) is 14.3 Å². The van der Waals surface area contributed by atoms with Crippen molar-refractivity contribution in [3.63, 3.8) is 0 Å². The lowest BCUT2D eigenvalue weighted by Crippen LogP contribution is -2.24. The maximum atomic E-state index is 12.6. The molecule has 0 radical (unpaired) electrons. The Hall–Kier alpha value is -2.34. The summed E-state index contributed by atoms with van der Waals surface area (Å²) in [4.78, 5) is 12.5. The Labute approximate surface area is 161 Å². The van der Waals surface area contributed by atoms with Crippen LogP contribution in [0.5, 0.6) is 0 Å². The molecule has 2 N–H and O–H groups in total. The third kappa shape index (κ3) is 5.10. The second-order valence-corrected chi connectivity index (χ2v) is 9.01. The van der Waals surface area contributed by atoms with Crippen molar-refractivity contribution < 1.29 is 13.2 Å². The number of rotatable bonds is 5. The van der Waals surface area contributed by atoms with Gasteiger partial charge in [0.05, 0.1) is 4.90 Å². The van der Waals surface area contributed by atoms with Crippen molar-refractivity contribution in [1.82, 2.24) is 0 Å². The maximum Gasteiger partial charge on any atom is 0.261 e. The highest BCUT2D eigenvalue weighted by Gasteiger charge is 2.21. The summed E-state index contributed by atoms with van der Waals surface area (Å²) in [6.45, 7) is 3.85. The van der Waals surface area contributed by atoms with Crippen molar-refractivity contribution in [2.45, 2.75) is 50.8 Å². The van der Waals surface area contributed by atoms with Crippen LogP contribution in [0, 0.1) is 19.8 Å². The summed E-state index contributed by atoms with van der Waals surface area (Å²) in [6.07, 6.45) is 5.25. The first-order valence-corrected chi connectivity index (χ1v) is 10.8. The van der Waals surface area contributed by atoms with Crippen molar-refractivity contribution in [3.8, 4) is 0 Å². The van der Waals surface area contributed by atoms with Gasteiger partial charge in [0.25, 0.3) is 10.0 Å². The fourth-order valence-corrected chi connectivity index (χ4v) is 4.61. The number of aryl methyl sites for hydroxylation is 2. The van der Waals surface area contributed by atoms with E-state index >= 15 is 0 Å². The van der Waals surface area contributed by atoms with Crippen molar-refractivity contribution in [3.05, 3.63) is 53.6 Å². The highest BCUT2D eigenvalue weighted by atomic mass is 32.2. The van der Waals surface area contributed by atoms with Crippen LogP contribution in [0.3, 0.4) is 0 Å². The highest BCUT2D eigenvalue weighted by molar-refractivity contribution is 7.92. The van der Waals surface area contributed by atoms with Crippen molar-refractivity contribution in [1.29, 1.82) is 0 Å². The van der Waals surface area contributed by atoms with E-state index in [1.807, 2.05) is 19.9 Å². The monoisotopic (exact) mass is 386 g/mol. The minimum Gasteiger partial charge on any atom is -0.326 e. The molecule has 6 heteroatoms. The number of anilines is 2. The van der Waals surface area contributed by atoms with Gasteiger partial charge in [-0.25, -0.2) is 8.42 Å². The van der Waals surface area contributed by atoms with Gasteiger partial charge in [0, 0.05) is 17.3 Å². The number of sulfonamides is 1. The molecule has 0 heterocycles. The molecule has 0 aliphatic heterocycles. The number of amides is 1. The van der Waals surface area contributed by atoms with Gasteiger partial charge in [0.1, 0.15) is 0 Å². The second-order valence-electron chi connectivity index (χ2n) is 7.33. The lowest BCUT2D eigenvalue weighted by molar-refractivity contribution is -0.120. The molecule has 144 valence electrons. The molecule has 1 saturated carbocycles. The molecule has 27 heavy (non-hydrogen) atoms. The topological polar surface area (TPSA) is 75.3 Å². The van der Waals surface area contributed by atoms with Crippen molar-refractivity contribution in [2.24, 2.45) is 5.92 Å². The summed E-state index contributed by atoms with van der Waals surface area (Å²) in [6, 6.07) is 11.9. The van der Waals surface area contributed by atoms with Gasteiger partial charge in [-0.3, -0.25) is 9.52 Å². The van der Waals surface area contributed by atoms with E-state index in [9.17, 15) is 13.2 Å². The van der Waals surface area contributed by atoms with Crippen LogP contribution >= 0.6 is 0 Å². The largest absolute Gasteiger partial charge is 0.326 e. The van der Waals surface area contributed by atoms with Gasteiger partial charge in [-0.2, -0.15) is 0 Å². The maximum absolute atomic E-state index is 12.6. The van der Waals surface area contributed by atoms with Gasteiger partial charge >= 0.3 is 0 Å². The SMILES string of the molecule is Cc1cc(C)cc(NS(=O)(=O)c2ccc(NC(=O)C3CCCCC3)cc2)c1. The third-order valence-electron chi connectivity index (χ3n) is 4.88. The molecule has 0 atom stereocenters. The van der Waals surface area contributed by atoms with Crippen LogP contribution in [0.4, 0.5) is 11.4 Å². The van der Waals surface area contributed by atoms with Crippen LogP contribution in [0.25, 0.3) is 0 Å². The van der Waals surface area contributed by atoms with E-state index in [-0.39, 0.29) is 16.7 Å². The smallest absolute Gasteiger partial charge is 0.261 e. The van der Waals surface area contributed by atoms with Gasteiger partial charge in [-0.1, -0.05) is 25.3 Å². The van der Waals surface area contributed by atoms with Gasteiger partial charge < -0.3 is 5.32 Å². The predicted molar refractivity (Wildman–Crippen MR) is 108 cm³/mol. The Morgan fingerprint density at radius 3 is 2.07 bits per heavy atom. The summed E-state index contributed by atoms with van der Waals surface area (Å²) >= 11 is 0. The molecule has 1 amide bonds. The minimum absolute atomic E-state index is 0.0265. The Morgan fingerprint density at radius 2 is 1.48 bits per heavy atom. The van der Waals surface area contributed by atoms with Crippen molar-refractivity contribution in [2.75, 3.05) is 10.0 Å². The van der Waals surface area contributed by atoms with Crippen molar-refractivity contribution >= 4 is 27.3 Å². The third-order valence-corrected chi connectivity index (χ3v) is 6.28. The van der Waals surface area contributed by atoms with Crippen LogP contribution < -0.4 is 10.0 Å². The minimum atomic E-state index is -3.68. The Morgan fingerprint density at radius 1 is 0.889 bits per heavy atom. The molecule has 0 saturated heterocycles. The van der Waals surface area contributed by atoms with E-state index in [0.29, 0.717) is 11.4 Å². The number of carbonyl (C=O) groups excluding carboxylic acids is 1. The van der Waals surface area contributed by atoms with E-state index in [1.165, 1.54) is 18.6 Å². The average Bonchev–Trinajstić information content (AvgIpc) is 2.61. The fraction of sp³-hybridized carbons (Fsp3) is 0.381. The standard InChI is InChI=1S/C21H26N2O3S/c1-15-12-16(2)14-19(13-15)23-27(25,26)20-10-8-18(9-11-20)22-21(24)17-6-4-3-5-7-17/h8-14,17,23H,3-7H2,1-2H3,(H,22,24). The first-order valence-electron chi connectivity index (χ1n) is 9.35. The molecule has 0 aromatic heterocycles. The predicted octanol–water partition coefficient (Wildman–Crippen LogP) is 4.62. The first-order chi connectivity index (χ1) is 12.8.